The van der Waals surface area contributed by atoms with Gasteiger partial charge in [-0.15, -0.1) is 0 Å². The van der Waals surface area contributed by atoms with E-state index in [-0.39, 0.29) is 5.54 Å². The van der Waals surface area contributed by atoms with Crippen molar-refractivity contribution in [1.29, 1.82) is 0 Å². The van der Waals surface area contributed by atoms with Gasteiger partial charge in [-0.25, -0.2) is 0 Å². The van der Waals surface area contributed by atoms with Crippen LogP contribution in [0.4, 0.5) is 0 Å². The second kappa shape index (κ2) is 3.74. The van der Waals surface area contributed by atoms with Crippen LogP contribution in [0.1, 0.15) is 52.9 Å². The van der Waals surface area contributed by atoms with E-state index in [0.29, 0.717) is 11.3 Å². The van der Waals surface area contributed by atoms with Crippen molar-refractivity contribution in [2.24, 2.45) is 17.1 Å². The molecule has 15 heavy (non-hydrogen) atoms. The molecular formula is C13H26N2. The van der Waals surface area contributed by atoms with E-state index in [1.165, 1.54) is 32.1 Å². The summed E-state index contributed by atoms with van der Waals surface area (Å²) < 4.78 is 0. The van der Waals surface area contributed by atoms with Crippen LogP contribution in [0.2, 0.25) is 0 Å². The Kier molecular flexibility index (Phi) is 2.85. The second-order valence-corrected chi connectivity index (χ2v) is 6.55. The molecule has 3 N–H and O–H groups in total. The summed E-state index contributed by atoms with van der Waals surface area (Å²) in [4.78, 5) is 0. The number of rotatable bonds is 3. The van der Waals surface area contributed by atoms with E-state index in [0.717, 1.165) is 12.6 Å². The van der Waals surface area contributed by atoms with E-state index < -0.39 is 0 Å². The molecule has 0 aromatic carbocycles. The largest absolute Gasteiger partial charge is 0.329 e. The molecule has 0 aromatic rings. The molecule has 2 saturated carbocycles. The van der Waals surface area contributed by atoms with Gasteiger partial charge in [-0.3, -0.25) is 0 Å². The van der Waals surface area contributed by atoms with Gasteiger partial charge in [0.1, 0.15) is 0 Å². The minimum absolute atomic E-state index is 0.247. The van der Waals surface area contributed by atoms with E-state index in [2.05, 4.69) is 26.1 Å². The van der Waals surface area contributed by atoms with E-state index in [4.69, 9.17) is 5.73 Å². The van der Waals surface area contributed by atoms with Gasteiger partial charge in [0.2, 0.25) is 0 Å². The fourth-order valence-corrected chi connectivity index (χ4v) is 3.14. The molecule has 2 heteroatoms. The summed E-state index contributed by atoms with van der Waals surface area (Å²) in [7, 11) is 0. The number of hydrogen-bond acceptors (Lipinski definition) is 2. The maximum absolute atomic E-state index is 6.03. The van der Waals surface area contributed by atoms with Crippen molar-refractivity contribution in [2.45, 2.75) is 64.5 Å². The van der Waals surface area contributed by atoms with E-state index in [1.807, 2.05) is 0 Å². The van der Waals surface area contributed by atoms with Crippen molar-refractivity contribution in [2.75, 3.05) is 6.54 Å². The molecule has 0 aliphatic heterocycles. The monoisotopic (exact) mass is 210 g/mol. The molecule has 0 saturated heterocycles. The van der Waals surface area contributed by atoms with Gasteiger partial charge in [0.05, 0.1) is 0 Å². The van der Waals surface area contributed by atoms with Crippen molar-refractivity contribution in [3.63, 3.8) is 0 Å². The van der Waals surface area contributed by atoms with Gasteiger partial charge in [-0.05, 0) is 43.4 Å². The first-order chi connectivity index (χ1) is 6.97. The molecule has 0 bridgehead atoms. The second-order valence-electron chi connectivity index (χ2n) is 6.55. The van der Waals surface area contributed by atoms with Crippen LogP contribution in [-0.2, 0) is 0 Å². The predicted octanol–water partition coefficient (Wildman–Crippen LogP) is 2.28. The van der Waals surface area contributed by atoms with Crippen LogP contribution in [-0.4, -0.2) is 18.1 Å². The first-order valence-corrected chi connectivity index (χ1v) is 6.45. The van der Waals surface area contributed by atoms with Crippen LogP contribution >= 0.6 is 0 Å². The van der Waals surface area contributed by atoms with Gasteiger partial charge < -0.3 is 11.1 Å². The lowest BCUT2D eigenvalue weighted by molar-refractivity contribution is 0.0775. The van der Waals surface area contributed by atoms with Crippen LogP contribution in [0.5, 0.6) is 0 Å². The SMILES string of the molecule is CC1CC(C)(C)CCC1(CN)NC1CC1. The molecule has 0 heterocycles. The summed E-state index contributed by atoms with van der Waals surface area (Å²) in [6.07, 6.45) is 6.60. The van der Waals surface area contributed by atoms with Crippen LogP contribution in [0.3, 0.4) is 0 Å². The normalized spacial score (nSPS) is 40.4. The third-order valence-electron chi connectivity index (χ3n) is 4.48. The zero-order valence-corrected chi connectivity index (χ0v) is 10.5. The Balaban J connectivity index is 2.04. The topological polar surface area (TPSA) is 38.0 Å². The maximum atomic E-state index is 6.03. The first-order valence-electron chi connectivity index (χ1n) is 6.45. The van der Waals surface area contributed by atoms with Crippen LogP contribution in [0.25, 0.3) is 0 Å². The van der Waals surface area contributed by atoms with Crippen molar-refractivity contribution in [3.05, 3.63) is 0 Å². The number of hydrogen-bond donors (Lipinski definition) is 2. The van der Waals surface area contributed by atoms with Gasteiger partial charge in [0, 0.05) is 18.1 Å². The Morgan fingerprint density at radius 2 is 1.93 bits per heavy atom. The molecule has 0 radical (unpaired) electrons. The summed E-state index contributed by atoms with van der Waals surface area (Å²) in [5.41, 5.74) is 6.79. The summed E-state index contributed by atoms with van der Waals surface area (Å²) in [5, 5.41) is 3.82. The third kappa shape index (κ3) is 2.36. The van der Waals surface area contributed by atoms with Crippen LogP contribution < -0.4 is 11.1 Å². The van der Waals surface area contributed by atoms with Gasteiger partial charge in [-0.1, -0.05) is 20.8 Å². The Morgan fingerprint density at radius 3 is 2.40 bits per heavy atom. The summed E-state index contributed by atoms with van der Waals surface area (Å²) >= 11 is 0. The van der Waals surface area contributed by atoms with E-state index in [1.54, 1.807) is 0 Å². The fourth-order valence-electron chi connectivity index (χ4n) is 3.14. The molecule has 0 aromatic heterocycles. The molecule has 2 fully saturated rings. The molecule has 2 unspecified atom stereocenters. The molecule has 0 amide bonds. The Morgan fingerprint density at radius 1 is 1.27 bits per heavy atom. The highest BCUT2D eigenvalue weighted by molar-refractivity contribution is 5.03. The molecule has 2 atom stereocenters. The molecule has 2 aliphatic carbocycles. The summed E-state index contributed by atoms with van der Waals surface area (Å²) in [6, 6.07) is 0.775. The third-order valence-corrected chi connectivity index (χ3v) is 4.48. The van der Waals surface area contributed by atoms with Gasteiger partial charge in [0.25, 0.3) is 0 Å². The average molecular weight is 210 g/mol. The zero-order valence-electron chi connectivity index (χ0n) is 10.5. The molecule has 0 spiro atoms. The van der Waals surface area contributed by atoms with Crippen molar-refractivity contribution in [1.82, 2.24) is 5.32 Å². The maximum Gasteiger partial charge on any atom is 0.0332 e. The van der Waals surface area contributed by atoms with Crippen LogP contribution in [0.15, 0.2) is 0 Å². The molecule has 2 nitrogen and oxygen atoms in total. The lowest BCUT2D eigenvalue weighted by Gasteiger charge is -2.48. The highest BCUT2D eigenvalue weighted by Crippen LogP contribution is 2.44. The Labute approximate surface area is 94.0 Å². The van der Waals surface area contributed by atoms with E-state index in [9.17, 15) is 0 Å². The van der Waals surface area contributed by atoms with Crippen molar-refractivity contribution < 1.29 is 0 Å². The minimum atomic E-state index is 0.247. The van der Waals surface area contributed by atoms with Gasteiger partial charge in [-0.2, -0.15) is 0 Å². The lowest BCUT2D eigenvalue weighted by Crippen LogP contribution is -2.59. The Bertz CT molecular complexity index is 233. The predicted molar refractivity (Wildman–Crippen MR) is 64.7 cm³/mol. The molecule has 88 valence electrons. The van der Waals surface area contributed by atoms with E-state index >= 15 is 0 Å². The first kappa shape index (κ1) is 11.4. The fraction of sp³-hybridized carbons (Fsp3) is 1.00. The van der Waals surface area contributed by atoms with Crippen molar-refractivity contribution in [3.8, 4) is 0 Å². The highest BCUT2D eigenvalue weighted by Gasteiger charge is 2.45. The average Bonchev–Trinajstić information content (AvgIpc) is 2.93. The lowest BCUT2D eigenvalue weighted by atomic mass is 9.63. The minimum Gasteiger partial charge on any atom is -0.329 e. The molecular weight excluding hydrogens is 184 g/mol. The standard InChI is InChI=1S/C13H26N2/c1-10-8-12(2,3)6-7-13(10,9-14)15-11-4-5-11/h10-11,15H,4-9,14H2,1-3H3. The van der Waals surface area contributed by atoms with Crippen molar-refractivity contribution >= 4 is 0 Å². The summed E-state index contributed by atoms with van der Waals surface area (Å²) in [6.45, 7) is 7.96. The number of nitrogens with one attached hydrogen (secondary N) is 1. The highest BCUT2D eigenvalue weighted by atomic mass is 15.1. The number of nitrogens with two attached hydrogens (primary N) is 1. The Hall–Kier alpha value is -0.0800. The zero-order chi connectivity index (χ0) is 11.1. The van der Waals surface area contributed by atoms with Gasteiger partial charge >= 0.3 is 0 Å². The quantitative estimate of drug-likeness (QED) is 0.750. The molecule has 2 aliphatic rings. The summed E-state index contributed by atoms with van der Waals surface area (Å²) in [5.74, 6) is 0.715. The smallest absolute Gasteiger partial charge is 0.0332 e. The van der Waals surface area contributed by atoms with Gasteiger partial charge in [0.15, 0.2) is 0 Å². The van der Waals surface area contributed by atoms with Crippen LogP contribution in [0, 0.1) is 11.3 Å². The molecule has 2 rings (SSSR count).